The van der Waals surface area contributed by atoms with Gasteiger partial charge in [0.15, 0.2) is 0 Å². The van der Waals surface area contributed by atoms with Crippen molar-refractivity contribution in [3.05, 3.63) is 0 Å². The number of hydrazine groups is 1. The smallest absolute Gasteiger partial charge is 0.334 e. The second kappa shape index (κ2) is 5.82. The van der Waals surface area contributed by atoms with Crippen molar-refractivity contribution in [3.8, 4) is 0 Å². The summed E-state index contributed by atoms with van der Waals surface area (Å²) in [4.78, 5) is 13.3. The summed E-state index contributed by atoms with van der Waals surface area (Å²) in [5, 5.41) is 1.29. The minimum atomic E-state index is -0.0475. The van der Waals surface area contributed by atoms with Gasteiger partial charge in [0, 0.05) is 33.4 Å². The number of urea groups is 1. The first kappa shape index (κ1) is 11.3. The van der Waals surface area contributed by atoms with Gasteiger partial charge in [0.25, 0.3) is 0 Å². The van der Waals surface area contributed by atoms with Crippen LogP contribution in [0, 0.1) is 0 Å². The molecule has 0 saturated carbocycles. The number of ether oxygens (including phenoxy) is 1. The fourth-order valence-corrected chi connectivity index (χ4v) is 1.56. The summed E-state index contributed by atoms with van der Waals surface area (Å²) in [5.74, 6) is 5.52. The van der Waals surface area contributed by atoms with E-state index in [1.165, 1.54) is 5.01 Å². The lowest BCUT2D eigenvalue weighted by Gasteiger charge is -2.32. The number of hydrogen-bond donors (Lipinski definition) is 1. The Bertz CT molecular complexity index is 187. The first-order valence-electron chi connectivity index (χ1n) is 5.06. The van der Waals surface area contributed by atoms with Gasteiger partial charge >= 0.3 is 6.03 Å². The van der Waals surface area contributed by atoms with Crippen LogP contribution in [-0.4, -0.2) is 49.3 Å². The minimum Gasteiger partial charge on any atom is -0.385 e. The molecule has 0 aliphatic carbocycles. The van der Waals surface area contributed by atoms with Gasteiger partial charge in [0.2, 0.25) is 0 Å². The predicted molar refractivity (Wildman–Crippen MR) is 53.6 cm³/mol. The van der Waals surface area contributed by atoms with Gasteiger partial charge in [-0.25, -0.2) is 10.6 Å². The summed E-state index contributed by atoms with van der Waals surface area (Å²) in [6.07, 6.45) is 2.94. The van der Waals surface area contributed by atoms with E-state index in [0.717, 1.165) is 39.0 Å². The van der Waals surface area contributed by atoms with E-state index in [4.69, 9.17) is 10.6 Å². The molecule has 0 radical (unpaired) electrons. The Hall–Kier alpha value is -0.810. The van der Waals surface area contributed by atoms with Gasteiger partial charge in [-0.2, -0.15) is 0 Å². The van der Waals surface area contributed by atoms with Crippen LogP contribution >= 0.6 is 0 Å². The lowest BCUT2D eigenvalue weighted by Crippen LogP contribution is -2.52. The molecular formula is C9H19N3O2. The Morgan fingerprint density at radius 3 is 2.93 bits per heavy atom. The standard InChI is InChI=1S/C9H19N3O2/c1-14-8-3-2-5-11-6-4-7-12(10)9(11)13/h2-8,10H2,1H3. The third kappa shape index (κ3) is 3.16. The molecule has 1 aliphatic heterocycles. The van der Waals surface area contributed by atoms with Crippen molar-refractivity contribution >= 4 is 6.03 Å². The fourth-order valence-electron chi connectivity index (χ4n) is 1.56. The Morgan fingerprint density at radius 2 is 2.21 bits per heavy atom. The average molecular weight is 201 g/mol. The molecule has 0 bridgehead atoms. The van der Waals surface area contributed by atoms with Crippen molar-refractivity contribution in [1.82, 2.24) is 9.91 Å². The SMILES string of the molecule is COCCCCN1CCCN(N)C1=O. The average Bonchev–Trinajstić information content (AvgIpc) is 2.19. The predicted octanol–water partition coefficient (Wildman–Crippen LogP) is 0.414. The maximum absolute atomic E-state index is 11.5. The van der Waals surface area contributed by atoms with Crippen LogP contribution in [0.25, 0.3) is 0 Å². The number of hydrogen-bond acceptors (Lipinski definition) is 3. The number of nitrogens with zero attached hydrogens (tertiary/aromatic N) is 2. The molecule has 1 fully saturated rings. The number of nitrogens with two attached hydrogens (primary N) is 1. The highest BCUT2D eigenvalue weighted by molar-refractivity contribution is 5.74. The van der Waals surface area contributed by atoms with Crippen LogP contribution in [0.4, 0.5) is 4.79 Å². The van der Waals surface area contributed by atoms with Gasteiger partial charge in [-0.1, -0.05) is 0 Å². The molecule has 2 amide bonds. The number of carbonyl (C=O) groups excluding carboxylic acids is 1. The van der Waals surface area contributed by atoms with Gasteiger partial charge < -0.3 is 9.64 Å². The van der Waals surface area contributed by atoms with Crippen molar-refractivity contribution in [1.29, 1.82) is 0 Å². The summed E-state index contributed by atoms with van der Waals surface area (Å²) in [6, 6.07) is -0.0475. The summed E-state index contributed by atoms with van der Waals surface area (Å²) in [7, 11) is 1.69. The maximum atomic E-state index is 11.5. The zero-order chi connectivity index (χ0) is 10.4. The van der Waals surface area contributed by atoms with E-state index >= 15 is 0 Å². The first-order valence-corrected chi connectivity index (χ1v) is 5.06. The number of carbonyl (C=O) groups is 1. The molecule has 5 heteroatoms. The largest absolute Gasteiger partial charge is 0.385 e. The molecule has 0 aromatic heterocycles. The summed E-state index contributed by atoms with van der Waals surface area (Å²) in [5.41, 5.74) is 0. The van der Waals surface area contributed by atoms with Crippen LogP contribution in [0.5, 0.6) is 0 Å². The Labute approximate surface area is 84.8 Å². The maximum Gasteiger partial charge on any atom is 0.334 e. The quantitative estimate of drug-likeness (QED) is 0.398. The van der Waals surface area contributed by atoms with Gasteiger partial charge in [-0.15, -0.1) is 0 Å². The molecule has 0 aromatic rings. The zero-order valence-corrected chi connectivity index (χ0v) is 8.74. The number of amides is 2. The summed E-state index contributed by atoms with van der Waals surface area (Å²) >= 11 is 0. The Kier molecular flexibility index (Phi) is 4.69. The van der Waals surface area contributed by atoms with E-state index in [2.05, 4.69) is 0 Å². The lowest BCUT2D eigenvalue weighted by molar-refractivity contribution is 0.126. The third-order valence-corrected chi connectivity index (χ3v) is 2.37. The summed E-state index contributed by atoms with van der Waals surface area (Å²) < 4.78 is 4.94. The van der Waals surface area contributed by atoms with Crippen molar-refractivity contribution < 1.29 is 9.53 Å². The van der Waals surface area contributed by atoms with Crippen LogP contribution < -0.4 is 5.84 Å². The summed E-state index contributed by atoms with van der Waals surface area (Å²) in [6.45, 7) is 3.05. The molecular weight excluding hydrogens is 182 g/mol. The highest BCUT2D eigenvalue weighted by Crippen LogP contribution is 2.06. The monoisotopic (exact) mass is 201 g/mol. The molecule has 1 heterocycles. The molecule has 0 unspecified atom stereocenters. The van der Waals surface area contributed by atoms with E-state index in [9.17, 15) is 4.79 Å². The third-order valence-electron chi connectivity index (χ3n) is 2.37. The molecule has 82 valence electrons. The van der Waals surface area contributed by atoms with Crippen LogP contribution in [0.3, 0.4) is 0 Å². The van der Waals surface area contributed by atoms with Crippen LogP contribution in [0.2, 0.25) is 0 Å². The zero-order valence-electron chi connectivity index (χ0n) is 8.74. The molecule has 1 rings (SSSR count). The molecule has 0 spiro atoms. The molecule has 2 N–H and O–H groups in total. The molecule has 0 aromatic carbocycles. The first-order chi connectivity index (χ1) is 6.75. The van der Waals surface area contributed by atoms with Crippen molar-refractivity contribution in [2.75, 3.05) is 33.4 Å². The second-order valence-electron chi connectivity index (χ2n) is 3.52. The van der Waals surface area contributed by atoms with Crippen molar-refractivity contribution in [2.24, 2.45) is 5.84 Å². The highest BCUT2D eigenvalue weighted by atomic mass is 16.5. The molecule has 5 nitrogen and oxygen atoms in total. The molecule has 0 atom stereocenters. The normalized spacial score (nSPS) is 17.7. The van der Waals surface area contributed by atoms with Crippen LogP contribution in [-0.2, 0) is 4.74 Å². The van der Waals surface area contributed by atoms with Crippen LogP contribution in [0.15, 0.2) is 0 Å². The molecule has 1 aliphatic rings. The number of methoxy groups -OCH3 is 1. The highest BCUT2D eigenvalue weighted by Gasteiger charge is 2.22. The number of unbranched alkanes of at least 4 members (excludes halogenated alkanes) is 1. The minimum absolute atomic E-state index is 0.0475. The van der Waals surface area contributed by atoms with E-state index < -0.39 is 0 Å². The van der Waals surface area contributed by atoms with E-state index in [0.29, 0.717) is 6.54 Å². The van der Waals surface area contributed by atoms with Gasteiger partial charge in [-0.3, -0.25) is 5.01 Å². The molecule has 1 saturated heterocycles. The Morgan fingerprint density at radius 1 is 1.43 bits per heavy atom. The van der Waals surface area contributed by atoms with Crippen molar-refractivity contribution in [2.45, 2.75) is 19.3 Å². The van der Waals surface area contributed by atoms with Gasteiger partial charge in [0.05, 0.1) is 0 Å². The Balaban J connectivity index is 2.19. The molecule has 14 heavy (non-hydrogen) atoms. The second-order valence-corrected chi connectivity index (χ2v) is 3.52. The lowest BCUT2D eigenvalue weighted by atomic mass is 10.2. The van der Waals surface area contributed by atoms with E-state index in [-0.39, 0.29) is 6.03 Å². The van der Waals surface area contributed by atoms with Gasteiger partial charge in [-0.05, 0) is 19.3 Å². The van der Waals surface area contributed by atoms with Gasteiger partial charge in [0.1, 0.15) is 0 Å². The van der Waals surface area contributed by atoms with Crippen molar-refractivity contribution in [3.63, 3.8) is 0 Å². The topological polar surface area (TPSA) is 58.8 Å². The van der Waals surface area contributed by atoms with E-state index in [1.807, 2.05) is 0 Å². The van der Waals surface area contributed by atoms with Crippen LogP contribution in [0.1, 0.15) is 19.3 Å². The number of rotatable bonds is 5. The fraction of sp³-hybridized carbons (Fsp3) is 0.889. The van der Waals surface area contributed by atoms with E-state index in [1.54, 1.807) is 12.0 Å².